The van der Waals surface area contributed by atoms with Gasteiger partial charge in [0.1, 0.15) is 23.0 Å². The molecule has 0 bridgehead atoms. The highest BCUT2D eigenvalue weighted by Gasteiger charge is 2.15. The average Bonchev–Trinajstić information content (AvgIpc) is 3.10. The summed E-state index contributed by atoms with van der Waals surface area (Å²) in [6.45, 7) is 1.99. The van der Waals surface area contributed by atoms with E-state index in [1.165, 1.54) is 43.1 Å². The molecule has 3 rings (SSSR count). The first-order chi connectivity index (χ1) is 11.6. The zero-order valence-electron chi connectivity index (χ0n) is 12.8. The molecular formula is C16H16ClFN4OS. The molecule has 2 heterocycles. The first-order valence-corrected chi connectivity index (χ1v) is 8.93. The van der Waals surface area contributed by atoms with E-state index < -0.39 is 5.82 Å². The summed E-state index contributed by atoms with van der Waals surface area (Å²) in [4.78, 5) is 22.6. The minimum Gasteiger partial charge on any atom is -0.356 e. The highest BCUT2D eigenvalue weighted by molar-refractivity contribution is 7.99. The second-order valence-electron chi connectivity index (χ2n) is 5.37. The van der Waals surface area contributed by atoms with E-state index >= 15 is 0 Å². The van der Waals surface area contributed by atoms with Crippen molar-refractivity contribution in [2.75, 3.05) is 29.1 Å². The van der Waals surface area contributed by atoms with Crippen molar-refractivity contribution in [1.82, 2.24) is 9.97 Å². The zero-order chi connectivity index (χ0) is 16.9. The van der Waals surface area contributed by atoms with Crippen LogP contribution in [0, 0.1) is 5.82 Å². The lowest BCUT2D eigenvalue weighted by atomic mass is 10.3. The van der Waals surface area contributed by atoms with E-state index in [4.69, 9.17) is 11.6 Å². The lowest BCUT2D eigenvalue weighted by Gasteiger charge is -2.16. The van der Waals surface area contributed by atoms with Gasteiger partial charge in [0.05, 0.1) is 11.4 Å². The maximum absolute atomic E-state index is 13.7. The Balaban J connectivity index is 1.57. The van der Waals surface area contributed by atoms with E-state index in [0.717, 1.165) is 30.0 Å². The van der Waals surface area contributed by atoms with Gasteiger partial charge in [0.15, 0.2) is 0 Å². The van der Waals surface area contributed by atoms with Gasteiger partial charge in [-0.25, -0.2) is 14.4 Å². The van der Waals surface area contributed by atoms with Crippen molar-refractivity contribution in [2.45, 2.75) is 17.9 Å². The van der Waals surface area contributed by atoms with Gasteiger partial charge in [-0.15, -0.1) is 0 Å². The number of thioether (sulfide) groups is 1. The monoisotopic (exact) mass is 366 g/mol. The van der Waals surface area contributed by atoms with Gasteiger partial charge in [-0.05, 0) is 31.0 Å². The van der Waals surface area contributed by atoms with Gasteiger partial charge in [-0.1, -0.05) is 23.4 Å². The number of hydrogen-bond acceptors (Lipinski definition) is 5. The van der Waals surface area contributed by atoms with Gasteiger partial charge in [0.25, 0.3) is 0 Å². The molecule has 0 saturated carbocycles. The second kappa shape index (κ2) is 7.81. The normalized spacial score (nSPS) is 14.0. The molecule has 1 aliphatic rings. The number of hydrogen-bond donors (Lipinski definition) is 1. The number of halogens is 2. The summed E-state index contributed by atoms with van der Waals surface area (Å²) >= 11 is 6.98. The summed E-state index contributed by atoms with van der Waals surface area (Å²) in [5.74, 6) is 0.161. The molecule has 1 aliphatic heterocycles. The molecule has 1 saturated heterocycles. The molecule has 1 N–H and O–H groups in total. The molecule has 8 heteroatoms. The number of benzene rings is 1. The molecule has 2 aromatic rings. The van der Waals surface area contributed by atoms with Crippen molar-refractivity contribution >= 4 is 40.8 Å². The first kappa shape index (κ1) is 17.0. The molecule has 24 heavy (non-hydrogen) atoms. The Morgan fingerprint density at radius 2 is 2.08 bits per heavy atom. The van der Waals surface area contributed by atoms with Gasteiger partial charge < -0.3 is 10.2 Å². The van der Waals surface area contributed by atoms with Crippen molar-refractivity contribution in [3.8, 4) is 0 Å². The number of aromatic nitrogens is 2. The Morgan fingerprint density at radius 3 is 2.83 bits per heavy atom. The quantitative estimate of drug-likeness (QED) is 0.647. The summed E-state index contributed by atoms with van der Waals surface area (Å²) in [6.07, 6.45) is 3.84. The molecule has 5 nitrogen and oxygen atoms in total. The molecule has 1 fully saturated rings. The van der Waals surface area contributed by atoms with E-state index in [0.29, 0.717) is 0 Å². The Bertz CT molecular complexity index is 740. The van der Waals surface area contributed by atoms with Crippen LogP contribution in [0.3, 0.4) is 0 Å². The molecular weight excluding hydrogens is 351 g/mol. The molecule has 1 amide bonds. The van der Waals surface area contributed by atoms with E-state index in [1.807, 2.05) is 6.07 Å². The van der Waals surface area contributed by atoms with Crippen molar-refractivity contribution < 1.29 is 9.18 Å². The number of nitrogens with one attached hydrogen (secondary N) is 1. The zero-order valence-corrected chi connectivity index (χ0v) is 14.4. The van der Waals surface area contributed by atoms with Crippen LogP contribution >= 0.6 is 23.4 Å². The topological polar surface area (TPSA) is 58.1 Å². The van der Waals surface area contributed by atoms with Gasteiger partial charge in [0, 0.05) is 24.2 Å². The van der Waals surface area contributed by atoms with E-state index in [-0.39, 0.29) is 22.4 Å². The Labute approximate surface area is 148 Å². The average molecular weight is 367 g/mol. The van der Waals surface area contributed by atoms with Crippen molar-refractivity contribution in [3.05, 3.63) is 41.4 Å². The third-order valence-corrected chi connectivity index (χ3v) is 4.77. The molecule has 1 aromatic carbocycles. The molecule has 0 atom stereocenters. The third-order valence-electron chi connectivity index (χ3n) is 3.61. The lowest BCUT2D eigenvalue weighted by molar-refractivity contribution is -0.113. The van der Waals surface area contributed by atoms with Crippen LogP contribution in [0.1, 0.15) is 12.8 Å². The first-order valence-electron chi connectivity index (χ1n) is 7.56. The maximum atomic E-state index is 13.7. The standard InChI is InChI=1S/C16H16ClFN4OS/c17-11-3-4-13(12(18)7-11)21-15(23)9-24-16-8-14(19-10-20-16)22-5-1-2-6-22/h3-4,7-8,10H,1-2,5-6,9H2,(H,21,23). The largest absolute Gasteiger partial charge is 0.356 e. The number of anilines is 2. The van der Waals surface area contributed by atoms with Crippen LogP contribution in [0.25, 0.3) is 0 Å². The molecule has 0 spiro atoms. The van der Waals surface area contributed by atoms with Crippen LogP contribution in [0.2, 0.25) is 5.02 Å². The molecule has 0 aliphatic carbocycles. The fourth-order valence-corrected chi connectivity index (χ4v) is 3.26. The second-order valence-corrected chi connectivity index (χ2v) is 6.80. The van der Waals surface area contributed by atoms with E-state index in [1.54, 1.807) is 0 Å². The van der Waals surface area contributed by atoms with Crippen molar-refractivity contribution in [2.24, 2.45) is 0 Å². The lowest BCUT2D eigenvalue weighted by Crippen LogP contribution is -2.19. The molecule has 0 unspecified atom stereocenters. The Morgan fingerprint density at radius 1 is 1.29 bits per heavy atom. The van der Waals surface area contributed by atoms with Crippen LogP contribution < -0.4 is 10.2 Å². The SMILES string of the molecule is O=C(CSc1cc(N2CCCC2)ncn1)Nc1ccc(Cl)cc1F. The summed E-state index contributed by atoms with van der Waals surface area (Å²) < 4.78 is 13.7. The summed E-state index contributed by atoms with van der Waals surface area (Å²) in [7, 11) is 0. The number of carbonyl (C=O) groups excluding carboxylic acids is 1. The van der Waals surface area contributed by atoms with Crippen LogP contribution in [-0.2, 0) is 4.79 Å². The van der Waals surface area contributed by atoms with Crippen LogP contribution in [0.15, 0.2) is 35.6 Å². The Kier molecular flexibility index (Phi) is 5.52. The van der Waals surface area contributed by atoms with Gasteiger partial charge in [-0.2, -0.15) is 0 Å². The van der Waals surface area contributed by atoms with Crippen LogP contribution in [0.4, 0.5) is 15.9 Å². The molecule has 126 valence electrons. The number of nitrogens with zero attached hydrogens (tertiary/aromatic N) is 3. The van der Waals surface area contributed by atoms with E-state index in [9.17, 15) is 9.18 Å². The van der Waals surface area contributed by atoms with Gasteiger partial charge in [0.2, 0.25) is 5.91 Å². The minimum atomic E-state index is -0.556. The summed E-state index contributed by atoms with van der Waals surface area (Å²) in [6, 6.07) is 6.01. The molecule has 1 aromatic heterocycles. The Hall–Kier alpha value is -1.86. The number of carbonyl (C=O) groups is 1. The maximum Gasteiger partial charge on any atom is 0.234 e. The fraction of sp³-hybridized carbons (Fsp3) is 0.312. The molecule has 0 radical (unpaired) electrons. The minimum absolute atomic E-state index is 0.116. The van der Waals surface area contributed by atoms with Crippen LogP contribution in [0.5, 0.6) is 0 Å². The van der Waals surface area contributed by atoms with Crippen LogP contribution in [-0.4, -0.2) is 34.7 Å². The van der Waals surface area contributed by atoms with Gasteiger partial charge >= 0.3 is 0 Å². The predicted molar refractivity (Wildman–Crippen MR) is 94.2 cm³/mol. The van der Waals surface area contributed by atoms with Crippen molar-refractivity contribution in [3.63, 3.8) is 0 Å². The number of amides is 1. The summed E-state index contributed by atoms with van der Waals surface area (Å²) in [5.41, 5.74) is 0.116. The highest BCUT2D eigenvalue weighted by Crippen LogP contribution is 2.23. The fourth-order valence-electron chi connectivity index (χ4n) is 2.44. The highest BCUT2D eigenvalue weighted by atomic mass is 35.5. The predicted octanol–water partition coefficient (Wildman–Crippen LogP) is 3.60. The van der Waals surface area contributed by atoms with E-state index in [2.05, 4.69) is 20.2 Å². The summed E-state index contributed by atoms with van der Waals surface area (Å²) in [5, 5.41) is 3.54. The van der Waals surface area contributed by atoms with Crippen molar-refractivity contribution in [1.29, 1.82) is 0 Å². The van der Waals surface area contributed by atoms with Gasteiger partial charge in [-0.3, -0.25) is 4.79 Å². The smallest absolute Gasteiger partial charge is 0.234 e. The third kappa shape index (κ3) is 4.36. The number of rotatable bonds is 5.